The number of carbonyl (C=O) groups is 2. The second-order valence-electron chi connectivity index (χ2n) is 5.29. The summed E-state index contributed by atoms with van der Waals surface area (Å²) >= 11 is 3.38. The van der Waals surface area contributed by atoms with Gasteiger partial charge in [-0.1, -0.05) is 21.1 Å². The lowest BCUT2D eigenvalue weighted by molar-refractivity contribution is -0.152. The van der Waals surface area contributed by atoms with Crippen molar-refractivity contribution < 1.29 is 18.8 Å². The number of halogens is 1. The number of rotatable bonds is 3. The normalized spacial score (nSPS) is 18.0. The van der Waals surface area contributed by atoms with Crippen molar-refractivity contribution in [3.05, 3.63) is 40.0 Å². The van der Waals surface area contributed by atoms with Crippen LogP contribution in [0.25, 0.3) is 0 Å². The van der Waals surface area contributed by atoms with E-state index in [1.54, 1.807) is 26.0 Å². The average Bonchev–Trinajstić information content (AvgIpc) is 2.93. The van der Waals surface area contributed by atoms with Gasteiger partial charge >= 0.3 is 5.97 Å². The van der Waals surface area contributed by atoms with Gasteiger partial charge in [0.15, 0.2) is 6.10 Å². The SMILES string of the molecule is Cc1nc(C(C)OC(=O)C2CC(=O)Nc3ccc(Br)cc32)no1. The van der Waals surface area contributed by atoms with Crippen LogP contribution >= 0.6 is 15.9 Å². The zero-order valence-corrected chi connectivity index (χ0v) is 14.1. The van der Waals surface area contributed by atoms with Crippen LogP contribution in [0.2, 0.25) is 0 Å². The molecule has 1 aliphatic heterocycles. The van der Waals surface area contributed by atoms with Crippen LogP contribution in [0.5, 0.6) is 0 Å². The number of benzene rings is 1. The lowest BCUT2D eigenvalue weighted by atomic mass is 9.90. The van der Waals surface area contributed by atoms with Crippen molar-refractivity contribution in [3.63, 3.8) is 0 Å². The van der Waals surface area contributed by atoms with Gasteiger partial charge in [-0.15, -0.1) is 0 Å². The molecule has 1 aliphatic rings. The van der Waals surface area contributed by atoms with Gasteiger partial charge in [0, 0.05) is 23.5 Å². The van der Waals surface area contributed by atoms with Gasteiger partial charge in [-0.2, -0.15) is 4.98 Å². The summed E-state index contributed by atoms with van der Waals surface area (Å²) in [5.41, 5.74) is 1.34. The highest BCUT2D eigenvalue weighted by molar-refractivity contribution is 9.10. The zero-order valence-electron chi connectivity index (χ0n) is 12.5. The molecular weight excluding hydrogens is 366 g/mol. The molecule has 3 rings (SSSR count). The molecule has 2 unspecified atom stereocenters. The summed E-state index contributed by atoms with van der Waals surface area (Å²) in [6, 6.07) is 5.37. The minimum absolute atomic E-state index is 0.0419. The van der Waals surface area contributed by atoms with Crippen LogP contribution in [0.1, 0.15) is 42.6 Å². The van der Waals surface area contributed by atoms with Gasteiger partial charge in [0.25, 0.3) is 0 Å². The van der Waals surface area contributed by atoms with Gasteiger partial charge in [0.1, 0.15) is 0 Å². The number of hydrogen-bond acceptors (Lipinski definition) is 6. The van der Waals surface area contributed by atoms with Crippen LogP contribution in [-0.2, 0) is 14.3 Å². The standard InChI is InChI=1S/C15H14BrN3O4/c1-7(14-17-8(2)23-19-14)22-15(21)11-6-13(20)18-12-4-3-9(16)5-10(11)12/h3-5,7,11H,6H2,1-2H3,(H,18,20). The fraction of sp³-hybridized carbons (Fsp3) is 0.333. The fourth-order valence-electron chi connectivity index (χ4n) is 2.43. The van der Waals surface area contributed by atoms with E-state index in [2.05, 4.69) is 31.4 Å². The second-order valence-corrected chi connectivity index (χ2v) is 6.20. The van der Waals surface area contributed by atoms with E-state index in [9.17, 15) is 9.59 Å². The molecule has 8 heteroatoms. The Labute approximate surface area is 140 Å². The summed E-state index contributed by atoms with van der Waals surface area (Å²) < 4.78 is 11.1. The van der Waals surface area contributed by atoms with Gasteiger partial charge in [-0.05, 0) is 30.7 Å². The van der Waals surface area contributed by atoms with Crippen molar-refractivity contribution in [2.24, 2.45) is 0 Å². The molecule has 1 aromatic heterocycles. The third-order valence-electron chi connectivity index (χ3n) is 3.54. The molecule has 120 valence electrons. The molecular formula is C15H14BrN3O4. The smallest absolute Gasteiger partial charge is 0.314 e. The predicted molar refractivity (Wildman–Crippen MR) is 83.7 cm³/mol. The third-order valence-corrected chi connectivity index (χ3v) is 4.03. The molecule has 1 amide bonds. The van der Waals surface area contributed by atoms with Crippen molar-refractivity contribution in [1.82, 2.24) is 10.1 Å². The van der Waals surface area contributed by atoms with Gasteiger partial charge in [-0.25, -0.2) is 0 Å². The average molecular weight is 380 g/mol. The Hall–Kier alpha value is -2.22. The highest BCUT2D eigenvalue weighted by Crippen LogP contribution is 2.35. The number of nitrogens with zero attached hydrogens (tertiary/aromatic N) is 2. The van der Waals surface area contributed by atoms with Crippen LogP contribution in [0, 0.1) is 6.92 Å². The molecule has 0 bridgehead atoms. The van der Waals surface area contributed by atoms with Gasteiger partial charge in [0.05, 0.1) is 5.92 Å². The van der Waals surface area contributed by atoms with Crippen molar-refractivity contribution in [1.29, 1.82) is 0 Å². The highest BCUT2D eigenvalue weighted by Gasteiger charge is 2.33. The number of aromatic nitrogens is 2. The maximum atomic E-state index is 12.5. The number of fused-ring (bicyclic) bond motifs is 1. The van der Waals surface area contributed by atoms with Gasteiger partial charge < -0.3 is 14.6 Å². The molecule has 0 saturated heterocycles. The number of ether oxygens (including phenoxy) is 1. The molecule has 7 nitrogen and oxygen atoms in total. The van der Waals surface area contributed by atoms with Gasteiger partial charge in [-0.3, -0.25) is 9.59 Å². The Bertz CT molecular complexity index is 774. The van der Waals surface area contributed by atoms with E-state index in [-0.39, 0.29) is 12.3 Å². The topological polar surface area (TPSA) is 94.3 Å². The van der Waals surface area contributed by atoms with Crippen LogP contribution in [0.15, 0.2) is 27.2 Å². The highest BCUT2D eigenvalue weighted by atomic mass is 79.9. The number of nitrogens with one attached hydrogen (secondary N) is 1. The summed E-state index contributed by atoms with van der Waals surface area (Å²) in [5.74, 6) is -0.675. The Morgan fingerprint density at radius 1 is 1.52 bits per heavy atom. The van der Waals surface area contributed by atoms with E-state index in [1.807, 2.05) is 6.07 Å². The maximum Gasteiger partial charge on any atom is 0.314 e. The van der Waals surface area contributed by atoms with Gasteiger partial charge in [0.2, 0.25) is 17.6 Å². The van der Waals surface area contributed by atoms with Crippen LogP contribution in [0.3, 0.4) is 0 Å². The molecule has 2 heterocycles. The first-order valence-corrected chi connectivity index (χ1v) is 7.83. The second kappa shape index (κ2) is 6.11. The number of aryl methyl sites for hydroxylation is 1. The minimum Gasteiger partial charge on any atom is -0.454 e. The summed E-state index contributed by atoms with van der Waals surface area (Å²) in [4.78, 5) is 28.4. The van der Waals surface area contributed by atoms with Crippen molar-refractivity contribution >= 4 is 33.5 Å². The number of anilines is 1. The summed E-state index contributed by atoms with van der Waals surface area (Å²) in [6.07, 6.45) is -0.610. The predicted octanol–water partition coefficient (Wildman–Crippen LogP) is 2.87. The fourth-order valence-corrected chi connectivity index (χ4v) is 2.81. The Morgan fingerprint density at radius 3 is 3.00 bits per heavy atom. The van der Waals surface area contributed by atoms with Crippen LogP contribution < -0.4 is 5.32 Å². The summed E-state index contributed by atoms with van der Waals surface area (Å²) in [6.45, 7) is 3.32. The third kappa shape index (κ3) is 3.26. The molecule has 1 aromatic carbocycles. The van der Waals surface area contributed by atoms with Crippen molar-refractivity contribution in [2.45, 2.75) is 32.3 Å². The molecule has 23 heavy (non-hydrogen) atoms. The van der Waals surface area contributed by atoms with Crippen LogP contribution in [0.4, 0.5) is 5.69 Å². The van der Waals surface area contributed by atoms with E-state index >= 15 is 0 Å². The number of carbonyl (C=O) groups excluding carboxylic acids is 2. The van der Waals surface area contributed by atoms with Crippen molar-refractivity contribution in [2.75, 3.05) is 5.32 Å². The van der Waals surface area contributed by atoms with Crippen molar-refractivity contribution in [3.8, 4) is 0 Å². The zero-order chi connectivity index (χ0) is 16.6. The number of esters is 1. The number of hydrogen-bond donors (Lipinski definition) is 1. The first-order chi connectivity index (χ1) is 10.9. The van der Waals surface area contributed by atoms with E-state index < -0.39 is 18.0 Å². The summed E-state index contributed by atoms with van der Waals surface area (Å²) in [7, 11) is 0. The van der Waals surface area contributed by atoms with E-state index in [4.69, 9.17) is 9.26 Å². The molecule has 2 atom stereocenters. The molecule has 0 fully saturated rings. The molecule has 0 spiro atoms. The van der Waals surface area contributed by atoms with E-state index in [0.717, 1.165) is 10.0 Å². The number of amides is 1. The van der Waals surface area contributed by atoms with Crippen LogP contribution in [-0.4, -0.2) is 22.0 Å². The van der Waals surface area contributed by atoms with E-state index in [1.165, 1.54) is 0 Å². The molecule has 1 N–H and O–H groups in total. The summed E-state index contributed by atoms with van der Waals surface area (Å²) in [5, 5.41) is 6.49. The first-order valence-electron chi connectivity index (χ1n) is 7.04. The lowest BCUT2D eigenvalue weighted by Crippen LogP contribution is -2.29. The lowest BCUT2D eigenvalue weighted by Gasteiger charge is -2.25. The van der Waals surface area contributed by atoms with E-state index in [0.29, 0.717) is 17.4 Å². The molecule has 0 aliphatic carbocycles. The quantitative estimate of drug-likeness (QED) is 0.823. The molecule has 0 saturated carbocycles. The Morgan fingerprint density at radius 2 is 2.30 bits per heavy atom. The molecule has 0 radical (unpaired) electrons. The Kier molecular flexibility index (Phi) is 4.16. The monoisotopic (exact) mass is 379 g/mol. The maximum absolute atomic E-state index is 12.5. The largest absolute Gasteiger partial charge is 0.454 e. The molecule has 2 aromatic rings. The minimum atomic E-state index is -0.660. The Balaban J connectivity index is 1.82. The first kappa shape index (κ1) is 15.7.